The normalized spacial score (nSPS) is 22.5. The molecule has 21 heteroatoms. The first kappa shape index (κ1) is 29.1. The third kappa shape index (κ3) is 5.84. The predicted octanol–water partition coefficient (Wildman–Crippen LogP) is -6.76. The first-order chi connectivity index (χ1) is 18.2. The number of nitrogens with one attached hydrogen (secondary N) is 2. The number of amides is 3. The molecule has 2 aromatic heterocycles. The zero-order chi connectivity index (χ0) is 27.0. The van der Waals surface area contributed by atoms with E-state index in [1.165, 1.54) is 17.1 Å². The fourth-order valence-electron chi connectivity index (χ4n) is 3.81. The predicted molar refractivity (Wildman–Crippen MR) is 131 cm³/mol. The van der Waals surface area contributed by atoms with Crippen LogP contribution in [0.2, 0.25) is 0 Å². The smallest absolute Gasteiger partial charge is 0.543 e. The van der Waals surface area contributed by atoms with E-state index in [4.69, 9.17) is 16.4 Å². The molecule has 2 saturated heterocycles. The minimum Gasteiger partial charge on any atom is -0.543 e. The molecule has 200 valence electrons. The van der Waals surface area contributed by atoms with Gasteiger partial charge in [0.2, 0.25) is 11.3 Å². The van der Waals surface area contributed by atoms with Crippen LogP contribution < -0.4 is 56.9 Å². The number of carbonyl (C=O) groups excluding carboxylic acids is 4. The molecule has 1 unspecified atom stereocenters. The Kier molecular flexibility index (Phi) is 9.01. The summed E-state index contributed by atoms with van der Waals surface area (Å²) in [5.74, 6) is 2.63. The number of carboxylic acid groups (broad SMARTS) is 1. The van der Waals surface area contributed by atoms with Crippen LogP contribution >= 0.6 is 34.9 Å². The number of nitrogens with two attached hydrogens (primary N) is 2. The molecule has 2 aromatic rings. The van der Waals surface area contributed by atoms with E-state index < -0.39 is 35.3 Å². The second-order valence-corrected chi connectivity index (χ2v) is 10.9. The van der Waals surface area contributed by atoms with Crippen molar-refractivity contribution in [3.05, 3.63) is 22.3 Å². The van der Waals surface area contributed by atoms with Gasteiger partial charge in [-0.2, -0.15) is 0 Å². The number of anilines is 1. The summed E-state index contributed by atoms with van der Waals surface area (Å²) in [6, 6.07) is -1.05. The molecule has 3 aliphatic rings. The minimum absolute atomic E-state index is 0. The average Bonchev–Trinajstić information content (AvgIpc) is 3.62. The van der Waals surface area contributed by atoms with Gasteiger partial charge in [-0.1, -0.05) is 22.0 Å². The zero-order valence-corrected chi connectivity index (χ0v) is 24.5. The standard InChI is InChI=1S/C18H19N11O6S3.Na/c19-17-22-7(5-37-17)9(25-35-8-1-2-21-12(8)30)13(31)23-10-14(32)28-11(16(33)34)6(3-36-15(10)28)4-38-18-24-26-27-29(18)20;/h5,8,10,15H,1-4,20H2,(H2,19,22)(H,21,30)(H,23,31)(H,33,34);/q;+1/p-1/b25-9-;/t8?,10-,15+;/m1./s1. The maximum Gasteiger partial charge on any atom is 1.00 e. The van der Waals surface area contributed by atoms with Crippen LogP contribution in [-0.4, -0.2) is 95.2 Å². The van der Waals surface area contributed by atoms with Crippen LogP contribution in [0.5, 0.6) is 0 Å². The summed E-state index contributed by atoms with van der Waals surface area (Å²) < 4.78 is 0. The number of nitrogen functional groups attached to an aromatic ring is 2. The van der Waals surface area contributed by atoms with E-state index in [0.29, 0.717) is 18.5 Å². The maximum atomic E-state index is 13.2. The number of aliphatic carboxylic acids is 1. The van der Waals surface area contributed by atoms with E-state index >= 15 is 0 Å². The summed E-state index contributed by atoms with van der Waals surface area (Å²) in [6.45, 7) is 0.410. The molecule has 0 radical (unpaired) electrons. The fraction of sp³-hybridized carbons (Fsp3) is 0.389. The van der Waals surface area contributed by atoms with Crippen molar-refractivity contribution in [1.29, 1.82) is 0 Å². The van der Waals surface area contributed by atoms with Crippen LogP contribution in [0.4, 0.5) is 5.13 Å². The molecule has 0 saturated carbocycles. The number of thioether (sulfide) groups is 2. The molecule has 5 rings (SSSR count). The number of carboxylic acids is 1. The van der Waals surface area contributed by atoms with Gasteiger partial charge in [-0.15, -0.1) is 27.9 Å². The minimum atomic E-state index is -1.53. The number of thiazole rings is 1. The van der Waals surface area contributed by atoms with Crippen molar-refractivity contribution < 1.29 is 58.7 Å². The topological polar surface area (TPSA) is 249 Å². The number of oxime groups is 1. The van der Waals surface area contributed by atoms with Gasteiger partial charge in [0.05, 0.1) is 11.7 Å². The van der Waals surface area contributed by atoms with E-state index in [1.54, 1.807) is 0 Å². The van der Waals surface area contributed by atoms with Crippen LogP contribution in [-0.2, 0) is 24.0 Å². The summed E-state index contributed by atoms with van der Waals surface area (Å²) in [5.41, 5.74) is 5.65. The first-order valence-corrected chi connectivity index (χ1v) is 13.7. The van der Waals surface area contributed by atoms with Crippen LogP contribution in [0.25, 0.3) is 0 Å². The fourth-order valence-corrected chi connectivity index (χ4v) is 6.64. The van der Waals surface area contributed by atoms with Crippen molar-refractivity contribution >= 4 is 69.4 Å². The molecule has 0 aromatic carbocycles. The maximum absolute atomic E-state index is 13.2. The third-order valence-electron chi connectivity index (χ3n) is 5.61. The summed E-state index contributed by atoms with van der Waals surface area (Å²) in [4.78, 5) is 61.3. The molecule has 39 heavy (non-hydrogen) atoms. The van der Waals surface area contributed by atoms with Crippen molar-refractivity contribution in [3.63, 3.8) is 0 Å². The van der Waals surface area contributed by atoms with Crippen LogP contribution in [0.1, 0.15) is 12.1 Å². The molecule has 0 aliphatic carbocycles. The first-order valence-electron chi connectivity index (χ1n) is 10.8. The van der Waals surface area contributed by atoms with Crippen molar-refractivity contribution in [3.8, 4) is 0 Å². The molecule has 0 bridgehead atoms. The number of hydrogen-bond donors (Lipinski definition) is 4. The Morgan fingerprint density at radius 3 is 2.79 bits per heavy atom. The van der Waals surface area contributed by atoms with E-state index in [-0.39, 0.29) is 74.4 Å². The summed E-state index contributed by atoms with van der Waals surface area (Å²) in [5, 5.41) is 32.8. The molecule has 5 heterocycles. The SMILES string of the molecule is Nc1nc(/C(=N/OC2CCNC2=O)C(=O)N[C@@H]2C(=O)N3C(C(=O)[O-])=C(CSc4nnnn4N)CS[C@@H]23)cs1.[Na+]. The van der Waals surface area contributed by atoms with Gasteiger partial charge in [0, 0.05) is 29.9 Å². The molecule has 0 spiro atoms. The second-order valence-electron chi connectivity index (χ2n) is 7.98. The van der Waals surface area contributed by atoms with Gasteiger partial charge in [0.1, 0.15) is 17.1 Å². The average molecular weight is 604 g/mol. The van der Waals surface area contributed by atoms with Gasteiger partial charge >= 0.3 is 29.6 Å². The Morgan fingerprint density at radius 1 is 1.38 bits per heavy atom. The largest absolute Gasteiger partial charge is 1.00 e. The molecule has 6 N–H and O–H groups in total. The summed E-state index contributed by atoms with van der Waals surface area (Å²) >= 11 is 3.43. The summed E-state index contributed by atoms with van der Waals surface area (Å²) in [7, 11) is 0. The van der Waals surface area contributed by atoms with Crippen molar-refractivity contribution in [1.82, 2.24) is 40.8 Å². The number of fused-ring (bicyclic) bond motifs is 1. The van der Waals surface area contributed by atoms with Gasteiger partial charge in [-0.25, -0.2) is 4.98 Å². The van der Waals surface area contributed by atoms with Crippen LogP contribution in [0, 0.1) is 0 Å². The van der Waals surface area contributed by atoms with Gasteiger partial charge in [-0.05, 0) is 16.0 Å². The number of carbonyl (C=O) groups is 4. The quantitative estimate of drug-likeness (QED) is 0.0519. The number of hydrogen-bond acceptors (Lipinski definition) is 16. The number of β-lactam (4-membered cyclic amide) rings is 1. The second kappa shape index (κ2) is 12.1. The van der Waals surface area contributed by atoms with Gasteiger partial charge < -0.3 is 36.9 Å². The van der Waals surface area contributed by atoms with Gasteiger partial charge in [0.15, 0.2) is 10.8 Å². The molecule has 3 aliphatic heterocycles. The Labute approximate surface area is 253 Å². The molecule has 3 atom stereocenters. The Balaban J connectivity index is 0.00000353. The van der Waals surface area contributed by atoms with E-state index in [2.05, 4.69) is 36.3 Å². The van der Waals surface area contributed by atoms with E-state index in [9.17, 15) is 24.3 Å². The van der Waals surface area contributed by atoms with Crippen molar-refractivity contribution in [2.45, 2.75) is 29.1 Å². The van der Waals surface area contributed by atoms with Crippen molar-refractivity contribution in [2.75, 3.05) is 29.6 Å². The Morgan fingerprint density at radius 2 is 2.18 bits per heavy atom. The number of nitrogens with zero attached hydrogens (tertiary/aromatic N) is 7. The molecule has 2 fully saturated rings. The van der Waals surface area contributed by atoms with E-state index in [0.717, 1.165) is 32.8 Å². The molecule has 17 nitrogen and oxygen atoms in total. The van der Waals surface area contributed by atoms with Crippen molar-refractivity contribution in [2.24, 2.45) is 5.16 Å². The monoisotopic (exact) mass is 603 g/mol. The number of rotatable bonds is 9. The van der Waals surface area contributed by atoms with Crippen LogP contribution in [0.15, 0.2) is 27.0 Å². The van der Waals surface area contributed by atoms with Crippen LogP contribution in [0.3, 0.4) is 0 Å². The third-order valence-corrected chi connectivity index (χ3v) is 8.65. The molecular formula is C18H18N11NaO6S3. The van der Waals surface area contributed by atoms with Gasteiger partial charge in [-0.3, -0.25) is 19.3 Å². The van der Waals surface area contributed by atoms with Gasteiger partial charge in [0.25, 0.3) is 17.7 Å². The number of tetrazole rings is 1. The summed E-state index contributed by atoms with van der Waals surface area (Å²) in [6.07, 6.45) is -0.510. The molecular weight excluding hydrogens is 585 g/mol. The Bertz CT molecular complexity index is 1380. The van der Waals surface area contributed by atoms with E-state index in [1.807, 2.05) is 0 Å². The molecule has 3 amide bonds. The Hall–Kier alpha value is -2.91. The number of aromatic nitrogens is 5. The zero-order valence-electron chi connectivity index (χ0n) is 20.1.